The number of primary amides is 1. The Bertz CT molecular complexity index is 189. The van der Waals surface area contributed by atoms with Crippen LogP contribution in [0.2, 0.25) is 0 Å². The predicted octanol–water partition coefficient (Wildman–Crippen LogP) is 0.614. The number of aliphatic hydroxyl groups excluding tert-OH is 1. The summed E-state index contributed by atoms with van der Waals surface area (Å²) in [5, 5.41) is 11.7. The molecule has 0 aliphatic heterocycles. The van der Waals surface area contributed by atoms with Crippen molar-refractivity contribution in [3.05, 3.63) is 0 Å². The summed E-state index contributed by atoms with van der Waals surface area (Å²) in [7, 11) is 0. The van der Waals surface area contributed by atoms with Crippen molar-refractivity contribution < 1.29 is 14.6 Å². The monoisotopic (exact) mass is 246 g/mol. The highest BCUT2D eigenvalue weighted by Crippen LogP contribution is 2.11. The van der Waals surface area contributed by atoms with E-state index in [1.165, 1.54) is 0 Å². The van der Waals surface area contributed by atoms with E-state index < -0.39 is 0 Å². The molecule has 0 aromatic carbocycles. The summed E-state index contributed by atoms with van der Waals surface area (Å²) >= 11 is 0. The molecule has 0 aliphatic carbocycles. The standard InChI is InChI=1S/C12H26N2O3/c1-2-11(12(13)16)6-3-4-7-14-10-17-9-5-8-15/h11,14-15H,2-10H2,1H3,(H2,13,16). The Labute approximate surface area is 104 Å². The smallest absolute Gasteiger partial charge is 0.220 e. The highest BCUT2D eigenvalue weighted by atomic mass is 16.5. The molecule has 1 unspecified atom stereocenters. The van der Waals surface area contributed by atoms with Crippen LogP contribution in [0.4, 0.5) is 0 Å². The zero-order chi connectivity index (χ0) is 12.9. The molecule has 0 saturated carbocycles. The molecule has 4 N–H and O–H groups in total. The normalized spacial score (nSPS) is 12.6. The SMILES string of the molecule is CCC(CCCCNCOCCCO)C(N)=O. The van der Waals surface area contributed by atoms with Gasteiger partial charge in [0.05, 0.1) is 13.3 Å². The molecular weight excluding hydrogens is 220 g/mol. The second-order valence-electron chi connectivity index (χ2n) is 4.13. The van der Waals surface area contributed by atoms with Crippen LogP contribution >= 0.6 is 0 Å². The molecule has 17 heavy (non-hydrogen) atoms. The van der Waals surface area contributed by atoms with Crippen LogP contribution in [0.5, 0.6) is 0 Å². The number of hydrogen-bond acceptors (Lipinski definition) is 4. The minimum Gasteiger partial charge on any atom is -0.396 e. The maximum absolute atomic E-state index is 11.0. The third-order valence-electron chi connectivity index (χ3n) is 2.70. The molecule has 0 fully saturated rings. The van der Waals surface area contributed by atoms with Gasteiger partial charge in [0.15, 0.2) is 0 Å². The number of nitrogens with one attached hydrogen (secondary N) is 1. The third kappa shape index (κ3) is 10.2. The quantitative estimate of drug-likeness (QED) is 0.348. The van der Waals surface area contributed by atoms with Crippen LogP contribution in [0, 0.1) is 5.92 Å². The molecule has 0 radical (unpaired) electrons. The van der Waals surface area contributed by atoms with Crippen molar-refractivity contribution in [2.75, 3.05) is 26.5 Å². The summed E-state index contributed by atoms with van der Waals surface area (Å²) in [4.78, 5) is 11.0. The van der Waals surface area contributed by atoms with E-state index in [-0.39, 0.29) is 18.4 Å². The van der Waals surface area contributed by atoms with Crippen molar-refractivity contribution in [3.63, 3.8) is 0 Å². The average molecular weight is 246 g/mol. The Balaban J connectivity index is 3.20. The second kappa shape index (κ2) is 11.8. The van der Waals surface area contributed by atoms with Gasteiger partial charge in [0, 0.05) is 12.5 Å². The van der Waals surface area contributed by atoms with E-state index in [2.05, 4.69) is 5.32 Å². The largest absolute Gasteiger partial charge is 0.396 e. The molecule has 1 atom stereocenters. The van der Waals surface area contributed by atoms with Gasteiger partial charge in [-0.05, 0) is 32.2 Å². The number of amides is 1. The highest BCUT2D eigenvalue weighted by molar-refractivity contribution is 5.76. The zero-order valence-electron chi connectivity index (χ0n) is 10.8. The number of carbonyl (C=O) groups excluding carboxylic acids is 1. The second-order valence-corrected chi connectivity index (χ2v) is 4.13. The van der Waals surface area contributed by atoms with Crippen LogP contribution in [0.3, 0.4) is 0 Å². The van der Waals surface area contributed by atoms with Crippen LogP contribution in [0.25, 0.3) is 0 Å². The lowest BCUT2D eigenvalue weighted by molar-refractivity contribution is -0.122. The van der Waals surface area contributed by atoms with Crippen molar-refractivity contribution in [1.82, 2.24) is 5.32 Å². The van der Waals surface area contributed by atoms with E-state index in [0.717, 1.165) is 32.2 Å². The number of hydrogen-bond donors (Lipinski definition) is 3. The van der Waals surface area contributed by atoms with E-state index in [0.29, 0.717) is 19.8 Å². The first-order valence-corrected chi connectivity index (χ1v) is 6.41. The lowest BCUT2D eigenvalue weighted by atomic mass is 9.99. The third-order valence-corrected chi connectivity index (χ3v) is 2.70. The molecule has 0 bridgehead atoms. The first-order valence-electron chi connectivity index (χ1n) is 6.41. The lowest BCUT2D eigenvalue weighted by Gasteiger charge is -2.10. The van der Waals surface area contributed by atoms with Crippen LogP contribution in [0.15, 0.2) is 0 Å². The molecular formula is C12H26N2O3. The van der Waals surface area contributed by atoms with Gasteiger partial charge in [-0.3, -0.25) is 10.1 Å². The molecule has 0 spiro atoms. The fourth-order valence-corrected chi connectivity index (χ4v) is 1.57. The Morgan fingerprint density at radius 1 is 1.41 bits per heavy atom. The summed E-state index contributed by atoms with van der Waals surface area (Å²) in [6, 6.07) is 0. The summed E-state index contributed by atoms with van der Waals surface area (Å²) in [5.74, 6) is -0.163. The predicted molar refractivity (Wildman–Crippen MR) is 67.4 cm³/mol. The van der Waals surface area contributed by atoms with Crippen molar-refractivity contribution in [2.45, 2.75) is 39.0 Å². The molecule has 5 heteroatoms. The molecule has 0 aromatic heterocycles. The Morgan fingerprint density at radius 3 is 2.76 bits per heavy atom. The van der Waals surface area contributed by atoms with Gasteiger partial charge in [-0.15, -0.1) is 0 Å². The van der Waals surface area contributed by atoms with Crippen molar-refractivity contribution in [3.8, 4) is 0 Å². The first-order chi connectivity index (χ1) is 8.22. The number of carbonyl (C=O) groups is 1. The van der Waals surface area contributed by atoms with Gasteiger partial charge in [-0.25, -0.2) is 0 Å². The number of unbranched alkanes of at least 4 members (excludes halogenated alkanes) is 1. The van der Waals surface area contributed by atoms with Gasteiger partial charge in [0.1, 0.15) is 0 Å². The highest BCUT2D eigenvalue weighted by Gasteiger charge is 2.11. The van der Waals surface area contributed by atoms with E-state index in [4.69, 9.17) is 15.6 Å². The van der Waals surface area contributed by atoms with Crippen molar-refractivity contribution >= 4 is 5.91 Å². The Morgan fingerprint density at radius 2 is 2.18 bits per heavy atom. The topological polar surface area (TPSA) is 84.6 Å². The molecule has 1 amide bonds. The molecule has 0 aromatic rings. The van der Waals surface area contributed by atoms with E-state index in [9.17, 15) is 4.79 Å². The van der Waals surface area contributed by atoms with Crippen LogP contribution in [0.1, 0.15) is 39.0 Å². The van der Waals surface area contributed by atoms with Gasteiger partial charge in [0.2, 0.25) is 5.91 Å². The van der Waals surface area contributed by atoms with Crippen LogP contribution in [-0.2, 0) is 9.53 Å². The van der Waals surface area contributed by atoms with Gasteiger partial charge < -0.3 is 15.6 Å². The number of rotatable bonds is 12. The minimum absolute atomic E-state index is 0.0239. The summed E-state index contributed by atoms with van der Waals surface area (Å²) in [5.41, 5.74) is 5.26. The number of ether oxygens (including phenoxy) is 1. The Kier molecular flexibility index (Phi) is 11.4. The van der Waals surface area contributed by atoms with E-state index in [1.54, 1.807) is 0 Å². The lowest BCUT2D eigenvalue weighted by Crippen LogP contribution is -2.23. The molecule has 0 saturated heterocycles. The van der Waals surface area contributed by atoms with Crippen LogP contribution in [-0.4, -0.2) is 37.5 Å². The summed E-state index contributed by atoms with van der Waals surface area (Å²) in [6.45, 7) is 4.15. The molecule has 0 heterocycles. The first kappa shape index (κ1) is 16.4. The maximum Gasteiger partial charge on any atom is 0.220 e. The van der Waals surface area contributed by atoms with Gasteiger partial charge in [0.25, 0.3) is 0 Å². The average Bonchev–Trinajstić information content (AvgIpc) is 2.31. The van der Waals surface area contributed by atoms with Gasteiger partial charge in [-0.1, -0.05) is 13.3 Å². The summed E-state index contributed by atoms with van der Waals surface area (Å²) < 4.78 is 5.22. The van der Waals surface area contributed by atoms with Crippen molar-refractivity contribution in [1.29, 1.82) is 0 Å². The fraction of sp³-hybridized carbons (Fsp3) is 0.917. The maximum atomic E-state index is 11.0. The fourth-order valence-electron chi connectivity index (χ4n) is 1.57. The van der Waals surface area contributed by atoms with E-state index in [1.807, 2.05) is 6.92 Å². The number of aliphatic hydroxyl groups is 1. The molecule has 0 aliphatic rings. The van der Waals surface area contributed by atoms with Gasteiger partial charge >= 0.3 is 0 Å². The zero-order valence-corrected chi connectivity index (χ0v) is 10.8. The van der Waals surface area contributed by atoms with Crippen molar-refractivity contribution in [2.24, 2.45) is 11.7 Å². The molecule has 5 nitrogen and oxygen atoms in total. The van der Waals surface area contributed by atoms with E-state index >= 15 is 0 Å². The summed E-state index contributed by atoms with van der Waals surface area (Å²) in [6.07, 6.45) is 4.41. The molecule has 0 rings (SSSR count). The Hall–Kier alpha value is -0.650. The van der Waals surface area contributed by atoms with Crippen LogP contribution < -0.4 is 11.1 Å². The van der Waals surface area contributed by atoms with Gasteiger partial charge in [-0.2, -0.15) is 0 Å². The number of nitrogens with two attached hydrogens (primary N) is 1. The molecule has 102 valence electrons. The minimum atomic E-state index is -0.187.